The van der Waals surface area contributed by atoms with Gasteiger partial charge < -0.3 is 20.4 Å². The third-order valence-corrected chi connectivity index (χ3v) is 4.76. The van der Waals surface area contributed by atoms with Crippen LogP contribution in [-0.2, 0) is 9.53 Å². The van der Waals surface area contributed by atoms with E-state index >= 15 is 0 Å². The van der Waals surface area contributed by atoms with Crippen molar-refractivity contribution in [3.63, 3.8) is 0 Å². The SMILES string of the molecule is COC(=O)c1cc(C=CC(=O)N(C)C(C)c2c[nH]c3ccccc23)cnc1N. The van der Waals surface area contributed by atoms with Crippen molar-refractivity contribution in [3.8, 4) is 0 Å². The predicted octanol–water partition coefficient (Wildman–Crippen LogP) is 3.16. The van der Waals surface area contributed by atoms with Gasteiger partial charge in [0.25, 0.3) is 0 Å². The Hall–Kier alpha value is -3.61. The number of methoxy groups -OCH3 is 1. The van der Waals surface area contributed by atoms with Crippen LogP contribution in [0, 0.1) is 0 Å². The highest BCUT2D eigenvalue weighted by Gasteiger charge is 2.18. The average molecular weight is 378 g/mol. The fraction of sp³-hybridized carbons (Fsp3) is 0.190. The molecule has 0 bridgehead atoms. The van der Waals surface area contributed by atoms with E-state index in [1.165, 1.54) is 19.4 Å². The van der Waals surface area contributed by atoms with E-state index in [0.29, 0.717) is 5.56 Å². The second kappa shape index (κ2) is 7.96. The van der Waals surface area contributed by atoms with Crippen LogP contribution in [0.3, 0.4) is 0 Å². The number of pyridine rings is 1. The first-order valence-electron chi connectivity index (χ1n) is 8.77. The molecule has 0 saturated heterocycles. The van der Waals surface area contributed by atoms with Crippen LogP contribution in [0.5, 0.6) is 0 Å². The molecule has 0 aliphatic heterocycles. The molecule has 1 unspecified atom stereocenters. The lowest BCUT2D eigenvalue weighted by molar-refractivity contribution is -0.126. The number of carbonyl (C=O) groups is 2. The summed E-state index contributed by atoms with van der Waals surface area (Å²) in [7, 11) is 3.02. The Balaban J connectivity index is 1.78. The summed E-state index contributed by atoms with van der Waals surface area (Å²) < 4.78 is 4.68. The fourth-order valence-electron chi connectivity index (χ4n) is 2.98. The molecule has 0 aliphatic rings. The number of aromatic amines is 1. The molecule has 3 aromatic rings. The van der Waals surface area contributed by atoms with Gasteiger partial charge in [-0.25, -0.2) is 9.78 Å². The van der Waals surface area contributed by atoms with Gasteiger partial charge in [-0.3, -0.25) is 4.79 Å². The van der Waals surface area contributed by atoms with Crippen molar-refractivity contribution in [2.24, 2.45) is 0 Å². The zero-order chi connectivity index (χ0) is 20.3. The summed E-state index contributed by atoms with van der Waals surface area (Å²) in [6.07, 6.45) is 6.46. The van der Waals surface area contributed by atoms with Crippen LogP contribution in [0.25, 0.3) is 17.0 Å². The van der Waals surface area contributed by atoms with Crippen LogP contribution in [0.2, 0.25) is 0 Å². The van der Waals surface area contributed by atoms with Crippen molar-refractivity contribution in [1.82, 2.24) is 14.9 Å². The average Bonchev–Trinajstić information content (AvgIpc) is 3.15. The van der Waals surface area contributed by atoms with Crippen molar-refractivity contribution >= 4 is 34.7 Å². The van der Waals surface area contributed by atoms with Crippen molar-refractivity contribution in [3.05, 3.63) is 65.5 Å². The van der Waals surface area contributed by atoms with E-state index in [9.17, 15) is 9.59 Å². The number of nitrogen functional groups attached to an aromatic ring is 1. The van der Waals surface area contributed by atoms with Crippen molar-refractivity contribution in [1.29, 1.82) is 0 Å². The highest BCUT2D eigenvalue weighted by molar-refractivity contribution is 5.96. The van der Waals surface area contributed by atoms with Gasteiger partial charge in [-0.1, -0.05) is 18.2 Å². The van der Waals surface area contributed by atoms with E-state index in [2.05, 4.69) is 14.7 Å². The van der Waals surface area contributed by atoms with Gasteiger partial charge >= 0.3 is 5.97 Å². The molecule has 0 aliphatic carbocycles. The molecular formula is C21H22N4O3. The lowest BCUT2D eigenvalue weighted by Gasteiger charge is -2.23. The molecule has 7 nitrogen and oxygen atoms in total. The number of benzene rings is 1. The number of amides is 1. The molecule has 0 fully saturated rings. The third-order valence-electron chi connectivity index (χ3n) is 4.76. The quantitative estimate of drug-likeness (QED) is 0.524. The third kappa shape index (κ3) is 3.73. The van der Waals surface area contributed by atoms with E-state index in [1.807, 2.05) is 37.4 Å². The number of anilines is 1. The lowest BCUT2D eigenvalue weighted by atomic mass is 10.1. The maximum Gasteiger partial charge on any atom is 0.341 e. The molecule has 28 heavy (non-hydrogen) atoms. The standard InChI is InChI=1S/C21H22N4O3/c1-13(17-12-23-18-7-5-4-6-15(17)18)25(2)19(26)9-8-14-10-16(21(27)28-3)20(22)24-11-14/h4-13,23H,1-3H3,(H2,22,24). The van der Waals surface area contributed by atoms with Gasteiger partial charge in [0.2, 0.25) is 5.91 Å². The first kappa shape index (κ1) is 19.2. The summed E-state index contributed by atoms with van der Waals surface area (Å²) >= 11 is 0. The molecule has 1 atom stereocenters. The summed E-state index contributed by atoms with van der Waals surface area (Å²) in [6, 6.07) is 9.39. The van der Waals surface area contributed by atoms with Crippen molar-refractivity contribution < 1.29 is 14.3 Å². The molecule has 1 aromatic carbocycles. The van der Waals surface area contributed by atoms with Crippen LogP contribution in [0.4, 0.5) is 5.82 Å². The number of aromatic nitrogens is 2. The second-order valence-corrected chi connectivity index (χ2v) is 6.44. The van der Waals surface area contributed by atoms with Gasteiger partial charge in [0, 0.05) is 36.4 Å². The number of fused-ring (bicyclic) bond motifs is 1. The number of nitrogens with zero attached hydrogens (tertiary/aromatic N) is 2. The monoisotopic (exact) mass is 378 g/mol. The number of ether oxygens (including phenoxy) is 1. The minimum absolute atomic E-state index is 0.0837. The normalized spacial score (nSPS) is 12.2. The van der Waals surface area contributed by atoms with Crippen molar-refractivity contribution in [2.45, 2.75) is 13.0 Å². The van der Waals surface area contributed by atoms with Crippen LogP contribution in [-0.4, -0.2) is 40.9 Å². The number of para-hydroxylation sites is 1. The first-order chi connectivity index (χ1) is 13.4. The number of rotatable bonds is 5. The number of likely N-dealkylation sites (N-methyl/N-ethyl adjacent to an activating group) is 1. The van der Waals surface area contributed by atoms with E-state index in [1.54, 1.807) is 24.1 Å². The summed E-state index contributed by atoms with van der Waals surface area (Å²) in [5.41, 5.74) is 8.51. The molecule has 2 heterocycles. The van der Waals surface area contributed by atoms with E-state index in [4.69, 9.17) is 5.73 Å². The Labute approximate surface area is 162 Å². The highest BCUT2D eigenvalue weighted by Crippen LogP contribution is 2.27. The smallest absolute Gasteiger partial charge is 0.341 e. The van der Waals surface area contributed by atoms with Gasteiger partial charge in [0.1, 0.15) is 11.4 Å². The molecule has 0 saturated carbocycles. The summed E-state index contributed by atoms with van der Waals surface area (Å²) in [5, 5.41) is 1.09. The molecule has 7 heteroatoms. The summed E-state index contributed by atoms with van der Waals surface area (Å²) in [4.78, 5) is 33.2. The largest absolute Gasteiger partial charge is 0.465 e. The Morgan fingerprint density at radius 2 is 2.07 bits per heavy atom. The van der Waals surface area contributed by atoms with Gasteiger partial charge in [-0.2, -0.15) is 0 Å². The number of nitrogens with two attached hydrogens (primary N) is 1. The molecular weight excluding hydrogens is 356 g/mol. The number of hydrogen-bond acceptors (Lipinski definition) is 5. The molecule has 2 aromatic heterocycles. The molecule has 3 N–H and O–H groups in total. The second-order valence-electron chi connectivity index (χ2n) is 6.44. The summed E-state index contributed by atoms with van der Waals surface area (Å²) in [5.74, 6) is -0.661. The number of nitrogens with one attached hydrogen (secondary N) is 1. The van der Waals surface area contributed by atoms with Crippen LogP contribution in [0.15, 0.2) is 48.8 Å². The number of H-pyrrole nitrogens is 1. The minimum atomic E-state index is -0.573. The molecule has 1 amide bonds. The number of esters is 1. The lowest BCUT2D eigenvalue weighted by Crippen LogP contribution is -2.27. The topological polar surface area (TPSA) is 101 Å². The maximum absolute atomic E-state index is 12.6. The van der Waals surface area contributed by atoms with E-state index in [0.717, 1.165) is 16.5 Å². The zero-order valence-electron chi connectivity index (χ0n) is 16.0. The minimum Gasteiger partial charge on any atom is -0.465 e. The van der Waals surface area contributed by atoms with E-state index in [-0.39, 0.29) is 23.3 Å². The zero-order valence-corrected chi connectivity index (χ0v) is 16.0. The molecule has 0 spiro atoms. The summed E-state index contributed by atoms with van der Waals surface area (Å²) in [6.45, 7) is 1.97. The highest BCUT2D eigenvalue weighted by atomic mass is 16.5. The van der Waals surface area contributed by atoms with Gasteiger partial charge in [0.15, 0.2) is 0 Å². The van der Waals surface area contributed by atoms with Gasteiger partial charge in [-0.05, 0) is 36.3 Å². The molecule has 0 radical (unpaired) electrons. The Kier molecular flexibility index (Phi) is 5.44. The Bertz CT molecular complexity index is 1050. The maximum atomic E-state index is 12.6. The van der Waals surface area contributed by atoms with Gasteiger partial charge in [-0.15, -0.1) is 0 Å². The number of hydrogen-bond donors (Lipinski definition) is 2. The molecule has 144 valence electrons. The van der Waals surface area contributed by atoms with Crippen LogP contribution >= 0.6 is 0 Å². The first-order valence-corrected chi connectivity index (χ1v) is 8.77. The molecule has 3 rings (SSSR count). The fourth-order valence-corrected chi connectivity index (χ4v) is 2.98. The van der Waals surface area contributed by atoms with E-state index < -0.39 is 5.97 Å². The van der Waals surface area contributed by atoms with Crippen molar-refractivity contribution in [2.75, 3.05) is 19.9 Å². The Morgan fingerprint density at radius 1 is 1.32 bits per heavy atom. The predicted molar refractivity (Wildman–Crippen MR) is 109 cm³/mol. The van der Waals surface area contributed by atoms with Gasteiger partial charge in [0.05, 0.1) is 13.2 Å². The van der Waals surface area contributed by atoms with Crippen LogP contribution < -0.4 is 5.73 Å². The van der Waals surface area contributed by atoms with Crippen LogP contribution in [0.1, 0.15) is 34.5 Å². The Morgan fingerprint density at radius 3 is 2.82 bits per heavy atom. The number of carbonyl (C=O) groups excluding carboxylic acids is 2.